The molecule has 1 aromatic heterocycles. The summed E-state index contributed by atoms with van der Waals surface area (Å²) in [4.78, 5) is 31.0. The molecule has 2 amide bonds. The lowest BCUT2D eigenvalue weighted by molar-refractivity contribution is -0.125. The summed E-state index contributed by atoms with van der Waals surface area (Å²) in [6.07, 6.45) is 3.22. The average Bonchev–Trinajstić information content (AvgIpc) is 3.46. The van der Waals surface area contributed by atoms with Gasteiger partial charge in [-0.1, -0.05) is 30.3 Å². The first-order chi connectivity index (χ1) is 14.1. The number of phenolic OH excluding ortho intramolecular Hbond substituents is 1. The zero-order valence-corrected chi connectivity index (χ0v) is 16.5. The summed E-state index contributed by atoms with van der Waals surface area (Å²) in [5.41, 5.74) is 3.38. The molecule has 0 spiro atoms. The molecule has 2 atom stereocenters. The minimum Gasteiger partial charge on any atom is -0.508 e. The van der Waals surface area contributed by atoms with Crippen molar-refractivity contribution >= 4 is 34.5 Å². The van der Waals surface area contributed by atoms with E-state index in [0.717, 1.165) is 34.9 Å². The van der Waals surface area contributed by atoms with Crippen LogP contribution < -0.4 is 5.32 Å². The quantitative estimate of drug-likeness (QED) is 0.622. The van der Waals surface area contributed by atoms with Crippen LogP contribution >= 0.6 is 11.8 Å². The summed E-state index contributed by atoms with van der Waals surface area (Å²) in [6, 6.07) is 12.5. The lowest BCUT2D eigenvalue weighted by Crippen LogP contribution is -2.47. The molecule has 29 heavy (non-hydrogen) atoms. The van der Waals surface area contributed by atoms with E-state index in [1.54, 1.807) is 35.0 Å². The van der Waals surface area contributed by atoms with Crippen LogP contribution in [0.5, 0.6) is 5.75 Å². The lowest BCUT2D eigenvalue weighted by atomic mass is 10.1. The molecule has 2 aliphatic rings. The maximum atomic E-state index is 13.2. The highest BCUT2D eigenvalue weighted by atomic mass is 32.2. The molecule has 1 saturated heterocycles. The molecule has 2 aromatic carbocycles. The van der Waals surface area contributed by atoms with Crippen LogP contribution in [0, 0.1) is 0 Å². The van der Waals surface area contributed by atoms with Gasteiger partial charge in [0.15, 0.2) is 0 Å². The normalized spacial score (nSPS) is 20.8. The second-order valence-electron chi connectivity index (χ2n) is 7.48. The maximum absolute atomic E-state index is 13.2. The number of aromatic nitrogens is 1. The molecule has 2 heterocycles. The van der Waals surface area contributed by atoms with Gasteiger partial charge in [0.2, 0.25) is 5.91 Å². The number of nitrogens with one attached hydrogen (secondary N) is 2. The number of amides is 2. The highest BCUT2D eigenvalue weighted by Crippen LogP contribution is 2.36. The number of aromatic hydroxyl groups is 1. The zero-order valence-electron chi connectivity index (χ0n) is 15.7. The lowest BCUT2D eigenvalue weighted by Gasteiger charge is -2.25. The summed E-state index contributed by atoms with van der Waals surface area (Å²) in [7, 11) is 0. The molecule has 0 saturated carbocycles. The van der Waals surface area contributed by atoms with Gasteiger partial charge in [0.1, 0.15) is 11.8 Å². The number of aromatic amines is 1. The third-order valence-corrected chi connectivity index (χ3v) is 6.84. The average molecular weight is 407 g/mol. The van der Waals surface area contributed by atoms with E-state index in [4.69, 9.17) is 0 Å². The van der Waals surface area contributed by atoms with Gasteiger partial charge in [-0.2, -0.15) is 0 Å². The molecule has 1 aliphatic heterocycles. The molecule has 148 valence electrons. The minimum atomic E-state index is -0.498. The number of thioether (sulfide) groups is 1. The third kappa shape index (κ3) is 3.06. The van der Waals surface area contributed by atoms with Gasteiger partial charge >= 0.3 is 0 Å². The fourth-order valence-electron chi connectivity index (χ4n) is 4.32. The van der Waals surface area contributed by atoms with E-state index in [9.17, 15) is 14.7 Å². The van der Waals surface area contributed by atoms with Crippen LogP contribution in [0.15, 0.2) is 48.7 Å². The summed E-state index contributed by atoms with van der Waals surface area (Å²) in [5.74, 6) is 1.10. The summed E-state index contributed by atoms with van der Waals surface area (Å²) < 4.78 is 0. The number of fused-ring (bicyclic) bond motifs is 2. The highest BCUT2D eigenvalue weighted by Gasteiger charge is 2.37. The van der Waals surface area contributed by atoms with Gasteiger partial charge in [-0.15, -0.1) is 11.8 Å². The van der Waals surface area contributed by atoms with Crippen LogP contribution in [0.25, 0.3) is 10.9 Å². The van der Waals surface area contributed by atoms with E-state index < -0.39 is 6.04 Å². The van der Waals surface area contributed by atoms with Crippen LogP contribution in [0.2, 0.25) is 0 Å². The van der Waals surface area contributed by atoms with E-state index >= 15 is 0 Å². The van der Waals surface area contributed by atoms with Crippen molar-refractivity contribution in [2.24, 2.45) is 0 Å². The van der Waals surface area contributed by atoms with Crippen molar-refractivity contribution < 1.29 is 14.7 Å². The van der Waals surface area contributed by atoms with Gasteiger partial charge in [0.05, 0.1) is 17.5 Å². The van der Waals surface area contributed by atoms with Crippen molar-refractivity contribution in [3.05, 3.63) is 65.4 Å². The predicted molar refractivity (Wildman–Crippen MR) is 113 cm³/mol. The standard InChI is InChI=1S/C22H21N3O3S/c26-20-7-3-5-13-15(20)8-9-18(13)24-21(27)19-11-29-12-25(19)22(28)16-10-23-17-6-2-1-4-14(16)17/h1-7,10,18-19,23,26H,8-9,11-12H2,(H,24,27). The molecule has 1 aliphatic carbocycles. The van der Waals surface area contributed by atoms with Crippen LogP contribution in [-0.4, -0.2) is 44.5 Å². The maximum Gasteiger partial charge on any atom is 0.257 e. The van der Waals surface area contributed by atoms with Crippen molar-refractivity contribution in [3.8, 4) is 5.75 Å². The molecule has 0 radical (unpaired) electrons. The number of benzene rings is 2. The Balaban J connectivity index is 1.35. The molecule has 5 rings (SSSR count). The number of H-pyrrole nitrogens is 1. The molecule has 3 aromatic rings. The Morgan fingerprint density at radius 2 is 2.03 bits per heavy atom. The molecule has 3 N–H and O–H groups in total. The van der Waals surface area contributed by atoms with Crippen molar-refractivity contribution in [1.29, 1.82) is 0 Å². The molecule has 1 fully saturated rings. The summed E-state index contributed by atoms with van der Waals surface area (Å²) in [5, 5.41) is 14.0. The second-order valence-corrected chi connectivity index (χ2v) is 8.48. The topological polar surface area (TPSA) is 85.4 Å². The van der Waals surface area contributed by atoms with Crippen molar-refractivity contribution in [2.45, 2.75) is 24.9 Å². The number of carbonyl (C=O) groups is 2. The smallest absolute Gasteiger partial charge is 0.257 e. The van der Waals surface area contributed by atoms with Crippen LogP contribution in [0.3, 0.4) is 0 Å². The van der Waals surface area contributed by atoms with Gasteiger partial charge in [-0.25, -0.2) is 0 Å². The summed E-state index contributed by atoms with van der Waals surface area (Å²) in [6.45, 7) is 0. The van der Waals surface area contributed by atoms with Crippen molar-refractivity contribution in [2.75, 3.05) is 11.6 Å². The Bertz CT molecular complexity index is 1110. The number of hydrogen-bond acceptors (Lipinski definition) is 4. The number of hydrogen-bond donors (Lipinski definition) is 3. The molecule has 6 nitrogen and oxygen atoms in total. The van der Waals surface area contributed by atoms with Gasteiger partial charge in [-0.3, -0.25) is 9.59 Å². The second kappa shape index (κ2) is 7.15. The molecular formula is C22H21N3O3S. The first kappa shape index (κ1) is 18.1. The number of nitrogens with zero attached hydrogens (tertiary/aromatic N) is 1. The number of rotatable bonds is 3. The Labute approximate surface area is 172 Å². The van der Waals surface area contributed by atoms with Crippen molar-refractivity contribution in [3.63, 3.8) is 0 Å². The first-order valence-corrected chi connectivity index (χ1v) is 10.8. The predicted octanol–water partition coefficient (Wildman–Crippen LogP) is 3.19. The summed E-state index contributed by atoms with van der Waals surface area (Å²) >= 11 is 1.59. The van der Waals surface area contributed by atoms with Gasteiger partial charge < -0.3 is 20.3 Å². The Morgan fingerprint density at radius 3 is 2.93 bits per heavy atom. The van der Waals surface area contributed by atoms with Gasteiger partial charge in [0, 0.05) is 22.9 Å². The monoisotopic (exact) mass is 407 g/mol. The van der Waals surface area contributed by atoms with Gasteiger partial charge in [0.25, 0.3) is 5.91 Å². The fraction of sp³-hybridized carbons (Fsp3) is 0.273. The van der Waals surface area contributed by atoms with E-state index in [1.165, 1.54) is 0 Å². The SMILES string of the molecule is O=C(NC1CCc2c(O)cccc21)C1CSCN1C(=O)c1c[nH]c2ccccc12. The van der Waals surface area contributed by atoms with Crippen LogP contribution in [0.1, 0.15) is 33.9 Å². The Morgan fingerprint density at radius 1 is 1.17 bits per heavy atom. The molecular weight excluding hydrogens is 386 g/mol. The van der Waals surface area contributed by atoms with Gasteiger partial charge in [-0.05, 0) is 36.1 Å². The Kier molecular flexibility index (Phi) is 4.47. The van der Waals surface area contributed by atoms with Crippen LogP contribution in [0.4, 0.5) is 0 Å². The largest absolute Gasteiger partial charge is 0.508 e. The van der Waals surface area contributed by atoms with Crippen LogP contribution in [-0.2, 0) is 11.2 Å². The molecule has 7 heteroatoms. The fourth-order valence-corrected chi connectivity index (χ4v) is 5.47. The third-order valence-electron chi connectivity index (χ3n) is 5.83. The number of carbonyl (C=O) groups excluding carboxylic acids is 2. The number of para-hydroxylation sites is 1. The zero-order chi connectivity index (χ0) is 20.0. The minimum absolute atomic E-state index is 0.125. The van der Waals surface area contributed by atoms with E-state index in [1.807, 2.05) is 30.3 Å². The van der Waals surface area contributed by atoms with E-state index in [0.29, 0.717) is 17.2 Å². The van der Waals surface area contributed by atoms with Crippen molar-refractivity contribution in [1.82, 2.24) is 15.2 Å². The van der Waals surface area contributed by atoms with E-state index in [-0.39, 0.29) is 23.6 Å². The Hall–Kier alpha value is -2.93. The first-order valence-electron chi connectivity index (χ1n) is 9.69. The molecule has 0 bridgehead atoms. The number of phenols is 1. The van der Waals surface area contributed by atoms with E-state index in [2.05, 4.69) is 10.3 Å². The highest BCUT2D eigenvalue weighted by molar-refractivity contribution is 7.99. The molecule has 2 unspecified atom stereocenters.